The summed E-state index contributed by atoms with van der Waals surface area (Å²) >= 11 is 6.93. The fourth-order valence-electron chi connectivity index (χ4n) is 3.97. The van der Waals surface area contributed by atoms with Gasteiger partial charge in [0.15, 0.2) is 10.3 Å². The van der Waals surface area contributed by atoms with Gasteiger partial charge in [-0.15, -0.1) is 0 Å². The number of anilines is 1. The van der Waals surface area contributed by atoms with Gasteiger partial charge < -0.3 is 10.6 Å². The fourth-order valence-corrected chi connectivity index (χ4v) is 4.82. The van der Waals surface area contributed by atoms with Gasteiger partial charge in [-0.3, -0.25) is 0 Å². The molecule has 1 fully saturated rings. The lowest BCUT2D eigenvalue weighted by atomic mass is 9.69. The first-order chi connectivity index (χ1) is 15.1. The summed E-state index contributed by atoms with van der Waals surface area (Å²) < 4.78 is 13.4. The number of rotatable bonds is 6. The van der Waals surface area contributed by atoms with Gasteiger partial charge in [-0.05, 0) is 72.7 Å². The van der Waals surface area contributed by atoms with Crippen LogP contribution in [-0.2, 0) is 5.41 Å². The topological polar surface area (TPSA) is 62.7 Å². The summed E-state index contributed by atoms with van der Waals surface area (Å²) in [7, 11) is 0. The molecule has 4 rings (SSSR count). The first-order valence-electron chi connectivity index (χ1n) is 10.3. The Morgan fingerprint density at radius 2 is 1.74 bits per heavy atom. The Hall–Kier alpha value is -2.58. The quantitative estimate of drug-likeness (QED) is 0.385. The van der Waals surface area contributed by atoms with Crippen molar-refractivity contribution in [2.45, 2.75) is 47.7 Å². The highest BCUT2D eigenvalue weighted by Crippen LogP contribution is 2.39. The summed E-state index contributed by atoms with van der Waals surface area (Å²) in [6.45, 7) is 0.719. The van der Waals surface area contributed by atoms with Crippen molar-refractivity contribution < 1.29 is 4.39 Å². The van der Waals surface area contributed by atoms with Crippen molar-refractivity contribution in [3.8, 4) is 0 Å². The lowest BCUT2D eigenvalue weighted by Gasteiger charge is -2.38. The molecule has 2 N–H and O–H groups in total. The number of halogens is 1. The monoisotopic (exact) mass is 453 g/mol. The Kier molecular flexibility index (Phi) is 7.09. The van der Waals surface area contributed by atoms with Crippen LogP contribution >= 0.6 is 24.0 Å². The zero-order chi connectivity index (χ0) is 21.5. The van der Waals surface area contributed by atoms with Crippen LogP contribution in [-0.4, -0.2) is 26.6 Å². The summed E-state index contributed by atoms with van der Waals surface area (Å²) in [4.78, 5) is 12.8. The summed E-state index contributed by atoms with van der Waals surface area (Å²) in [5.41, 5.74) is 1.97. The highest BCUT2D eigenvalue weighted by molar-refractivity contribution is 7.99. The van der Waals surface area contributed by atoms with Gasteiger partial charge in [0.25, 0.3) is 0 Å². The maximum Gasteiger partial charge on any atom is 0.193 e. The van der Waals surface area contributed by atoms with E-state index in [2.05, 4.69) is 25.6 Å². The molecule has 0 bridgehead atoms. The van der Waals surface area contributed by atoms with E-state index in [0.717, 1.165) is 30.1 Å². The molecule has 1 aliphatic rings. The van der Waals surface area contributed by atoms with Crippen LogP contribution in [0, 0.1) is 5.82 Å². The van der Waals surface area contributed by atoms with Gasteiger partial charge >= 0.3 is 0 Å². The first-order valence-corrected chi connectivity index (χ1v) is 11.6. The summed E-state index contributed by atoms with van der Waals surface area (Å²) in [6, 6.07) is 12.6. The van der Waals surface area contributed by atoms with Crippen LogP contribution in [0.1, 0.15) is 37.7 Å². The third-order valence-electron chi connectivity index (χ3n) is 5.59. The second kappa shape index (κ2) is 10.2. The molecular weight excluding hydrogens is 429 g/mol. The van der Waals surface area contributed by atoms with Crippen molar-refractivity contribution in [2.75, 3.05) is 11.9 Å². The zero-order valence-electron chi connectivity index (χ0n) is 17.1. The molecule has 0 radical (unpaired) electrons. The largest absolute Gasteiger partial charge is 0.362 e. The Morgan fingerprint density at radius 3 is 2.42 bits per heavy atom. The van der Waals surface area contributed by atoms with Gasteiger partial charge in [-0.2, -0.15) is 0 Å². The lowest BCUT2D eigenvalue weighted by Crippen LogP contribution is -2.43. The third-order valence-corrected chi connectivity index (χ3v) is 6.68. The Labute approximate surface area is 191 Å². The maximum atomic E-state index is 13.4. The average molecular weight is 454 g/mol. The van der Waals surface area contributed by atoms with Crippen LogP contribution in [0.3, 0.4) is 0 Å². The minimum Gasteiger partial charge on any atom is -0.362 e. The van der Waals surface area contributed by atoms with Crippen molar-refractivity contribution in [1.29, 1.82) is 0 Å². The molecule has 2 aromatic heterocycles. The molecule has 0 unspecified atom stereocenters. The van der Waals surface area contributed by atoms with Crippen molar-refractivity contribution in [1.82, 2.24) is 20.3 Å². The van der Waals surface area contributed by atoms with E-state index in [4.69, 9.17) is 12.2 Å². The van der Waals surface area contributed by atoms with Gasteiger partial charge in [-0.25, -0.2) is 19.3 Å². The first kappa shape index (κ1) is 21.6. The van der Waals surface area contributed by atoms with Crippen molar-refractivity contribution in [3.63, 3.8) is 0 Å². The molecule has 2 heterocycles. The van der Waals surface area contributed by atoms with E-state index in [-0.39, 0.29) is 11.2 Å². The Balaban J connectivity index is 1.35. The molecule has 1 aromatic carbocycles. The maximum absolute atomic E-state index is 13.4. The third kappa shape index (κ3) is 5.77. The summed E-state index contributed by atoms with van der Waals surface area (Å²) in [5, 5.41) is 8.62. The number of nitrogens with one attached hydrogen (secondary N) is 2. The summed E-state index contributed by atoms with van der Waals surface area (Å²) in [5.74, 6) is -0.201. The predicted octanol–water partition coefficient (Wildman–Crippen LogP) is 5.35. The number of benzene rings is 1. The molecule has 3 aromatic rings. The number of pyridine rings is 1. The van der Waals surface area contributed by atoms with Gasteiger partial charge in [0.1, 0.15) is 10.8 Å². The minimum atomic E-state index is -0.201. The molecule has 0 spiro atoms. The smallest absolute Gasteiger partial charge is 0.193 e. The van der Waals surface area contributed by atoms with Crippen molar-refractivity contribution in [2.24, 2.45) is 0 Å². The van der Waals surface area contributed by atoms with Gasteiger partial charge in [-0.1, -0.05) is 31.4 Å². The lowest BCUT2D eigenvalue weighted by molar-refractivity contribution is 0.292. The van der Waals surface area contributed by atoms with Crippen LogP contribution in [0.4, 0.5) is 10.1 Å². The predicted molar refractivity (Wildman–Crippen MR) is 126 cm³/mol. The van der Waals surface area contributed by atoms with Crippen LogP contribution in [0.15, 0.2) is 71.2 Å². The SMILES string of the molecule is Fc1ccc(C2(CNC(=S)Nc3ccc(Sc4ncccn4)nc3)CCCCC2)cc1. The molecule has 0 saturated heterocycles. The molecule has 1 aliphatic carbocycles. The normalized spacial score (nSPS) is 15.3. The van der Waals surface area contributed by atoms with Gasteiger partial charge in [0, 0.05) is 24.4 Å². The molecule has 5 nitrogen and oxygen atoms in total. The van der Waals surface area contributed by atoms with Crippen LogP contribution in [0.2, 0.25) is 0 Å². The Morgan fingerprint density at radius 1 is 1.00 bits per heavy atom. The molecule has 31 heavy (non-hydrogen) atoms. The number of thiocarbonyl (C=S) groups is 1. The number of hydrogen-bond acceptors (Lipinski definition) is 5. The van der Waals surface area contributed by atoms with E-state index in [1.54, 1.807) is 36.8 Å². The van der Waals surface area contributed by atoms with Crippen LogP contribution in [0.5, 0.6) is 0 Å². The zero-order valence-corrected chi connectivity index (χ0v) is 18.7. The fraction of sp³-hybridized carbons (Fsp3) is 0.304. The second-order valence-corrected chi connectivity index (χ2v) is 9.07. The highest BCUT2D eigenvalue weighted by atomic mass is 32.2. The molecule has 0 atom stereocenters. The minimum absolute atomic E-state index is 0.0217. The van der Waals surface area contributed by atoms with E-state index < -0.39 is 0 Å². The van der Waals surface area contributed by atoms with Crippen LogP contribution < -0.4 is 10.6 Å². The molecule has 160 valence electrons. The number of aromatic nitrogens is 3. The number of nitrogens with zero attached hydrogens (tertiary/aromatic N) is 3. The second-order valence-electron chi connectivity index (χ2n) is 7.67. The van der Waals surface area contributed by atoms with Crippen molar-refractivity contribution >= 4 is 34.8 Å². The molecular formula is C23H24FN5S2. The van der Waals surface area contributed by atoms with Gasteiger partial charge in [0.05, 0.1) is 11.9 Å². The standard InChI is InChI=1S/C23H24FN5S2/c24-18-7-5-17(6-8-18)23(11-2-1-3-12-23)16-28-21(30)29-19-9-10-20(27-15-19)31-22-25-13-4-14-26-22/h4-10,13-15H,1-3,11-12,16H2,(H2,28,29,30). The Bertz CT molecular complexity index is 991. The van der Waals surface area contributed by atoms with E-state index in [1.165, 1.54) is 36.6 Å². The highest BCUT2D eigenvalue weighted by Gasteiger charge is 2.34. The van der Waals surface area contributed by atoms with E-state index in [1.807, 2.05) is 24.3 Å². The van der Waals surface area contributed by atoms with Crippen molar-refractivity contribution in [3.05, 3.63) is 72.4 Å². The molecule has 0 aliphatic heterocycles. The molecule has 1 saturated carbocycles. The average Bonchev–Trinajstić information content (AvgIpc) is 2.81. The molecule has 0 amide bonds. The van der Waals surface area contributed by atoms with Crippen LogP contribution in [0.25, 0.3) is 0 Å². The van der Waals surface area contributed by atoms with Gasteiger partial charge in [0.2, 0.25) is 0 Å². The molecule has 8 heteroatoms. The number of hydrogen-bond donors (Lipinski definition) is 2. The summed E-state index contributed by atoms with van der Waals surface area (Å²) in [6.07, 6.45) is 10.9. The van der Waals surface area contributed by atoms with E-state index in [9.17, 15) is 4.39 Å². The van der Waals surface area contributed by atoms with E-state index in [0.29, 0.717) is 10.3 Å². The van der Waals surface area contributed by atoms with E-state index >= 15 is 0 Å².